The lowest BCUT2D eigenvalue weighted by Gasteiger charge is -2.39. The number of aliphatic hydroxyl groups excluding tert-OH is 1. The molecule has 114 valence electrons. The molecule has 1 aromatic rings. The maximum Gasteiger partial charge on any atom is 0.257 e. The van der Waals surface area contributed by atoms with Crippen molar-refractivity contribution in [2.45, 2.75) is 49.7 Å². The van der Waals surface area contributed by atoms with Crippen LogP contribution in [0.25, 0.3) is 0 Å². The monoisotopic (exact) mass is 302 g/mol. The topological polar surface area (TPSA) is 73.6 Å². The minimum absolute atomic E-state index is 0.118. The summed E-state index contributed by atoms with van der Waals surface area (Å²) in [5, 5.41) is 18.5. The minimum Gasteiger partial charge on any atom is -0.393 e. The number of benzene rings is 1. The van der Waals surface area contributed by atoms with Gasteiger partial charge in [0.15, 0.2) is 5.60 Å². The first-order chi connectivity index (χ1) is 10.5. The molecule has 4 rings (SSSR count). The molecule has 1 spiro atoms. The van der Waals surface area contributed by atoms with E-state index in [0.717, 1.165) is 0 Å². The van der Waals surface area contributed by atoms with Crippen molar-refractivity contribution in [3.05, 3.63) is 35.1 Å². The first-order valence-electron chi connectivity index (χ1n) is 7.42. The van der Waals surface area contributed by atoms with Gasteiger partial charge in [-0.2, -0.15) is 5.26 Å². The number of nitriles is 1. The number of amides is 1. The third-order valence-electron chi connectivity index (χ3n) is 4.88. The Kier molecular flexibility index (Phi) is 2.80. The van der Waals surface area contributed by atoms with Gasteiger partial charge < -0.3 is 14.7 Å². The number of aliphatic hydroxyl groups is 1. The van der Waals surface area contributed by atoms with Crippen LogP contribution in [0.2, 0.25) is 0 Å². The standard InChI is InChI=1S/C16H15FN2O3/c17-11-4-9(8-18)3-10(5-11)13-1-2-14-19(13)15(21)16(22-14)6-12(20)7-16/h3-5,12-14,20H,1-2,6-7H2/t12?,13-,14+,16?/m0/s1. The van der Waals surface area contributed by atoms with Crippen molar-refractivity contribution in [2.24, 2.45) is 0 Å². The summed E-state index contributed by atoms with van der Waals surface area (Å²) in [5.74, 6) is -0.591. The molecule has 22 heavy (non-hydrogen) atoms. The fourth-order valence-electron chi connectivity index (χ4n) is 3.88. The van der Waals surface area contributed by atoms with E-state index in [0.29, 0.717) is 31.2 Å². The lowest BCUT2D eigenvalue weighted by molar-refractivity contribution is -0.165. The predicted octanol–water partition coefficient (Wildman–Crippen LogP) is 1.61. The summed E-state index contributed by atoms with van der Waals surface area (Å²) in [6.45, 7) is 0. The quantitative estimate of drug-likeness (QED) is 0.855. The average molecular weight is 302 g/mol. The molecule has 0 radical (unpaired) electrons. The third kappa shape index (κ3) is 1.79. The van der Waals surface area contributed by atoms with Crippen molar-refractivity contribution in [2.75, 3.05) is 0 Å². The number of rotatable bonds is 1. The molecular formula is C16H15FN2O3. The van der Waals surface area contributed by atoms with Gasteiger partial charge in [-0.05, 0) is 36.6 Å². The first-order valence-corrected chi connectivity index (χ1v) is 7.42. The van der Waals surface area contributed by atoms with Crippen molar-refractivity contribution in [1.82, 2.24) is 4.90 Å². The molecule has 2 atom stereocenters. The van der Waals surface area contributed by atoms with E-state index < -0.39 is 17.5 Å². The van der Waals surface area contributed by atoms with Crippen LogP contribution < -0.4 is 0 Å². The van der Waals surface area contributed by atoms with Gasteiger partial charge in [0.25, 0.3) is 5.91 Å². The van der Waals surface area contributed by atoms with E-state index in [1.165, 1.54) is 12.1 Å². The summed E-state index contributed by atoms with van der Waals surface area (Å²) in [4.78, 5) is 14.4. The smallest absolute Gasteiger partial charge is 0.257 e. The summed E-state index contributed by atoms with van der Waals surface area (Å²) in [5.41, 5.74) is 0.00133. The molecule has 0 bridgehead atoms. The average Bonchev–Trinajstić information content (AvgIpc) is 2.97. The van der Waals surface area contributed by atoms with Crippen molar-refractivity contribution in [3.63, 3.8) is 0 Å². The Balaban J connectivity index is 1.66. The number of carbonyl (C=O) groups is 1. The largest absolute Gasteiger partial charge is 0.393 e. The van der Waals surface area contributed by atoms with Crippen LogP contribution in [-0.2, 0) is 9.53 Å². The van der Waals surface area contributed by atoms with E-state index in [1.54, 1.807) is 11.0 Å². The van der Waals surface area contributed by atoms with Crippen molar-refractivity contribution in [1.29, 1.82) is 5.26 Å². The molecular weight excluding hydrogens is 287 g/mol. The summed E-state index contributed by atoms with van der Waals surface area (Å²) in [7, 11) is 0. The fourth-order valence-corrected chi connectivity index (χ4v) is 3.88. The van der Waals surface area contributed by atoms with E-state index in [1.807, 2.05) is 6.07 Å². The summed E-state index contributed by atoms with van der Waals surface area (Å²) in [6.07, 6.45) is 1.24. The first kappa shape index (κ1) is 13.7. The SMILES string of the molecule is N#Cc1cc(F)cc([C@@H]2CC[C@H]3OC4(CC(O)C4)C(=O)N32)c1. The molecule has 2 saturated heterocycles. The maximum atomic E-state index is 13.7. The Morgan fingerprint density at radius 3 is 2.82 bits per heavy atom. The van der Waals surface area contributed by atoms with Crippen molar-refractivity contribution >= 4 is 5.91 Å². The Morgan fingerprint density at radius 2 is 2.14 bits per heavy atom. The second kappa shape index (κ2) is 4.51. The normalized spacial score (nSPS) is 36.3. The maximum absolute atomic E-state index is 13.7. The highest BCUT2D eigenvalue weighted by Gasteiger charge is 2.62. The molecule has 1 aromatic carbocycles. The molecule has 5 nitrogen and oxygen atoms in total. The number of nitrogens with zero attached hydrogens (tertiary/aromatic N) is 2. The van der Waals surface area contributed by atoms with E-state index in [9.17, 15) is 14.3 Å². The highest BCUT2D eigenvalue weighted by atomic mass is 19.1. The van der Waals surface area contributed by atoms with Gasteiger partial charge in [0.05, 0.1) is 23.8 Å². The second-order valence-corrected chi connectivity index (χ2v) is 6.32. The van der Waals surface area contributed by atoms with Gasteiger partial charge in [0.1, 0.15) is 12.0 Å². The number of ether oxygens (including phenoxy) is 1. The van der Waals surface area contributed by atoms with Crippen LogP contribution in [0.5, 0.6) is 0 Å². The molecule has 1 saturated carbocycles. The number of hydrogen-bond donors (Lipinski definition) is 1. The fraction of sp³-hybridized carbons (Fsp3) is 0.500. The van der Waals surface area contributed by atoms with Crippen LogP contribution in [0.3, 0.4) is 0 Å². The Bertz CT molecular complexity index is 693. The highest BCUT2D eigenvalue weighted by molar-refractivity contribution is 5.89. The molecule has 1 aliphatic carbocycles. The zero-order chi connectivity index (χ0) is 15.5. The van der Waals surface area contributed by atoms with Crippen molar-refractivity contribution in [3.8, 4) is 6.07 Å². The summed E-state index contributed by atoms with van der Waals surface area (Å²) >= 11 is 0. The Morgan fingerprint density at radius 1 is 1.36 bits per heavy atom. The molecule has 2 aliphatic heterocycles. The molecule has 0 aromatic heterocycles. The van der Waals surface area contributed by atoms with Gasteiger partial charge in [-0.1, -0.05) is 0 Å². The Hall–Kier alpha value is -1.97. The molecule has 1 amide bonds. The van der Waals surface area contributed by atoms with Crippen LogP contribution in [0, 0.1) is 17.1 Å². The van der Waals surface area contributed by atoms with Crippen LogP contribution in [0.15, 0.2) is 18.2 Å². The predicted molar refractivity (Wildman–Crippen MR) is 72.8 cm³/mol. The minimum atomic E-state index is -0.881. The third-order valence-corrected chi connectivity index (χ3v) is 4.88. The second-order valence-electron chi connectivity index (χ2n) is 6.32. The molecule has 1 N–H and O–H groups in total. The van der Waals surface area contributed by atoms with E-state index in [2.05, 4.69) is 0 Å². The van der Waals surface area contributed by atoms with E-state index in [4.69, 9.17) is 10.00 Å². The van der Waals surface area contributed by atoms with Crippen LogP contribution in [0.1, 0.15) is 42.9 Å². The molecule has 0 unspecified atom stereocenters. The zero-order valence-corrected chi connectivity index (χ0v) is 11.8. The van der Waals surface area contributed by atoms with Crippen LogP contribution >= 0.6 is 0 Å². The van der Waals surface area contributed by atoms with Gasteiger partial charge in [-0.25, -0.2) is 4.39 Å². The lowest BCUT2D eigenvalue weighted by Crippen LogP contribution is -2.54. The van der Waals surface area contributed by atoms with Gasteiger partial charge in [0.2, 0.25) is 0 Å². The number of hydrogen-bond acceptors (Lipinski definition) is 4. The number of halogens is 1. The summed E-state index contributed by atoms with van der Waals surface area (Å²) < 4.78 is 19.6. The summed E-state index contributed by atoms with van der Waals surface area (Å²) in [6, 6.07) is 5.86. The van der Waals surface area contributed by atoms with E-state index >= 15 is 0 Å². The van der Waals surface area contributed by atoms with Gasteiger partial charge in [-0.3, -0.25) is 4.79 Å². The molecule has 3 aliphatic rings. The molecule has 3 fully saturated rings. The molecule has 2 heterocycles. The molecule has 6 heteroatoms. The van der Waals surface area contributed by atoms with Gasteiger partial charge >= 0.3 is 0 Å². The van der Waals surface area contributed by atoms with E-state index in [-0.39, 0.29) is 23.7 Å². The highest BCUT2D eigenvalue weighted by Crippen LogP contribution is 2.51. The van der Waals surface area contributed by atoms with Gasteiger partial charge in [0, 0.05) is 12.8 Å². The van der Waals surface area contributed by atoms with Gasteiger partial charge in [-0.15, -0.1) is 0 Å². The van der Waals surface area contributed by atoms with Crippen LogP contribution in [0.4, 0.5) is 4.39 Å². The number of carbonyl (C=O) groups excluding carboxylic acids is 1. The lowest BCUT2D eigenvalue weighted by atomic mass is 9.76. The zero-order valence-electron chi connectivity index (χ0n) is 11.8. The van der Waals surface area contributed by atoms with Crippen LogP contribution in [-0.4, -0.2) is 33.8 Å². The Labute approximate surface area is 126 Å². The number of fused-ring (bicyclic) bond motifs is 1. The van der Waals surface area contributed by atoms with Crippen molar-refractivity contribution < 1.29 is 19.0 Å².